The predicted molar refractivity (Wildman–Crippen MR) is 114 cm³/mol. The lowest BCUT2D eigenvalue weighted by molar-refractivity contribution is -0.141. The third kappa shape index (κ3) is 3.14. The first-order valence-electron chi connectivity index (χ1n) is 11.0. The van der Waals surface area contributed by atoms with Crippen LogP contribution < -0.4 is 9.64 Å². The molecule has 170 valence electrons. The van der Waals surface area contributed by atoms with Crippen LogP contribution in [0.2, 0.25) is 0 Å². The number of rotatable bonds is 4. The van der Waals surface area contributed by atoms with E-state index in [2.05, 4.69) is 0 Å². The van der Waals surface area contributed by atoms with E-state index in [-0.39, 0.29) is 17.9 Å². The Morgan fingerprint density at radius 2 is 1.81 bits per heavy atom. The van der Waals surface area contributed by atoms with E-state index in [1.807, 2.05) is 36.4 Å². The molecule has 2 bridgehead atoms. The summed E-state index contributed by atoms with van der Waals surface area (Å²) in [5.41, 5.74) is -0.0105. The SMILES string of the molecule is CCOC(=O)N1CCN(C(=O)C2[C@H]3C(=O)N(c4ccc(OC)cc4)C[C@@]34C=C[C@H]2O4)CC1. The van der Waals surface area contributed by atoms with Crippen LogP contribution in [0.1, 0.15) is 6.92 Å². The van der Waals surface area contributed by atoms with Crippen LogP contribution in [0.5, 0.6) is 5.75 Å². The second-order valence-corrected chi connectivity index (χ2v) is 8.53. The minimum atomic E-state index is -0.769. The number of anilines is 1. The monoisotopic (exact) mass is 441 g/mol. The Bertz CT molecular complexity index is 955. The van der Waals surface area contributed by atoms with Gasteiger partial charge in [-0.25, -0.2) is 4.79 Å². The highest BCUT2D eigenvalue weighted by Crippen LogP contribution is 2.53. The summed E-state index contributed by atoms with van der Waals surface area (Å²) in [5, 5.41) is 0. The number of carbonyl (C=O) groups excluding carboxylic acids is 3. The Labute approximate surface area is 186 Å². The van der Waals surface area contributed by atoms with E-state index in [0.717, 1.165) is 5.69 Å². The van der Waals surface area contributed by atoms with Crippen LogP contribution in [0.4, 0.5) is 10.5 Å². The van der Waals surface area contributed by atoms with Gasteiger partial charge in [0, 0.05) is 31.9 Å². The first-order valence-corrected chi connectivity index (χ1v) is 11.0. The second-order valence-electron chi connectivity index (χ2n) is 8.53. The van der Waals surface area contributed by atoms with Crippen molar-refractivity contribution < 1.29 is 28.6 Å². The zero-order valence-electron chi connectivity index (χ0n) is 18.2. The van der Waals surface area contributed by atoms with Crippen molar-refractivity contribution in [3.63, 3.8) is 0 Å². The molecule has 1 unspecified atom stereocenters. The lowest BCUT2D eigenvalue weighted by Crippen LogP contribution is -2.54. The van der Waals surface area contributed by atoms with Crippen LogP contribution in [0, 0.1) is 11.8 Å². The molecule has 0 N–H and O–H groups in total. The Hall–Kier alpha value is -3.07. The summed E-state index contributed by atoms with van der Waals surface area (Å²) in [6.45, 7) is 4.14. The lowest BCUT2D eigenvalue weighted by atomic mass is 9.76. The van der Waals surface area contributed by atoms with Gasteiger partial charge >= 0.3 is 6.09 Å². The van der Waals surface area contributed by atoms with Gasteiger partial charge in [-0.2, -0.15) is 0 Å². The predicted octanol–water partition coefficient (Wildman–Crippen LogP) is 1.28. The molecular weight excluding hydrogens is 414 g/mol. The fourth-order valence-corrected chi connectivity index (χ4v) is 5.30. The molecule has 9 nitrogen and oxygen atoms in total. The minimum absolute atomic E-state index is 0.0836. The number of hydrogen-bond acceptors (Lipinski definition) is 6. The molecule has 4 aliphatic rings. The Morgan fingerprint density at radius 3 is 2.47 bits per heavy atom. The van der Waals surface area contributed by atoms with Gasteiger partial charge in [0.05, 0.1) is 38.2 Å². The van der Waals surface area contributed by atoms with Gasteiger partial charge in [-0.05, 0) is 31.2 Å². The molecule has 4 heterocycles. The van der Waals surface area contributed by atoms with Crippen molar-refractivity contribution in [2.45, 2.75) is 18.6 Å². The number of benzene rings is 1. The number of ether oxygens (including phenoxy) is 3. The fraction of sp³-hybridized carbons (Fsp3) is 0.522. The average molecular weight is 441 g/mol. The molecule has 1 aromatic rings. The third-order valence-corrected chi connectivity index (χ3v) is 6.89. The summed E-state index contributed by atoms with van der Waals surface area (Å²) in [4.78, 5) is 44.0. The molecule has 0 radical (unpaired) electrons. The summed E-state index contributed by atoms with van der Waals surface area (Å²) >= 11 is 0. The number of nitrogens with zero attached hydrogens (tertiary/aromatic N) is 3. The number of hydrogen-bond donors (Lipinski definition) is 0. The standard InChI is InChI=1S/C23H27N3O6/c1-3-31-22(29)25-12-10-24(11-13-25)20(27)18-17-8-9-23(32-17)14-26(21(28)19(18)23)15-4-6-16(30-2)7-5-15/h4-9,17-19H,3,10-14H2,1-2H3/t17-,18?,19+,23+/m1/s1. The Balaban J connectivity index is 1.32. The summed E-state index contributed by atoms with van der Waals surface area (Å²) in [6.07, 6.45) is 3.12. The summed E-state index contributed by atoms with van der Waals surface area (Å²) < 4.78 is 16.5. The lowest BCUT2D eigenvalue weighted by Gasteiger charge is -2.36. The first-order chi connectivity index (χ1) is 15.5. The van der Waals surface area contributed by atoms with Crippen molar-refractivity contribution in [1.82, 2.24) is 9.80 Å². The van der Waals surface area contributed by atoms with Crippen LogP contribution in [0.15, 0.2) is 36.4 Å². The van der Waals surface area contributed by atoms with Crippen LogP contribution in [0.3, 0.4) is 0 Å². The Morgan fingerprint density at radius 1 is 1.12 bits per heavy atom. The van der Waals surface area contributed by atoms with Crippen molar-refractivity contribution >= 4 is 23.6 Å². The van der Waals surface area contributed by atoms with Crippen molar-refractivity contribution in [3.05, 3.63) is 36.4 Å². The molecule has 0 saturated carbocycles. The van der Waals surface area contributed by atoms with E-state index in [9.17, 15) is 14.4 Å². The molecule has 9 heteroatoms. The molecule has 3 saturated heterocycles. The smallest absolute Gasteiger partial charge is 0.409 e. The van der Waals surface area contributed by atoms with Gasteiger partial charge in [-0.15, -0.1) is 0 Å². The second kappa shape index (κ2) is 7.81. The van der Waals surface area contributed by atoms with E-state index in [4.69, 9.17) is 14.2 Å². The Kier molecular flexibility index (Phi) is 5.08. The topological polar surface area (TPSA) is 88.6 Å². The number of piperazine rings is 1. The number of carbonyl (C=O) groups is 3. The maximum Gasteiger partial charge on any atom is 0.409 e. The highest BCUT2D eigenvalue weighted by atomic mass is 16.6. The molecule has 0 aliphatic carbocycles. The van der Waals surface area contributed by atoms with Crippen LogP contribution in [-0.2, 0) is 19.1 Å². The van der Waals surface area contributed by atoms with E-state index in [1.165, 1.54) is 0 Å². The van der Waals surface area contributed by atoms with Crippen molar-refractivity contribution in [3.8, 4) is 5.75 Å². The highest BCUT2D eigenvalue weighted by molar-refractivity contribution is 6.03. The summed E-state index contributed by atoms with van der Waals surface area (Å²) in [6, 6.07) is 7.31. The van der Waals surface area contributed by atoms with Crippen LogP contribution in [-0.4, -0.2) is 85.9 Å². The molecule has 32 heavy (non-hydrogen) atoms. The summed E-state index contributed by atoms with van der Waals surface area (Å²) in [5.74, 6) is -0.559. The van der Waals surface area contributed by atoms with Gasteiger partial charge in [-0.3, -0.25) is 9.59 Å². The van der Waals surface area contributed by atoms with Crippen molar-refractivity contribution in [2.24, 2.45) is 11.8 Å². The number of amides is 3. The molecule has 4 aliphatic heterocycles. The minimum Gasteiger partial charge on any atom is -0.497 e. The largest absolute Gasteiger partial charge is 0.497 e. The quantitative estimate of drug-likeness (QED) is 0.654. The summed E-state index contributed by atoms with van der Waals surface area (Å²) in [7, 11) is 1.60. The number of methoxy groups -OCH3 is 1. The molecule has 1 aromatic carbocycles. The molecular formula is C23H27N3O6. The third-order valence-electron chi connectivity index (χ3n) is 6.89. The maximum absolute atomic E-state index is 13.5. The van der Waals surface area contributed by atoms with Gasteiger partial charge < -0.3 is 28.9 Å². The van der Waals surface area contributed by atoms with Crippen LogP contribution in [0.25, 0.3) is 0 Å². The van der Waals surface area contributed by atoms with Crippen LogP contribution >= 0.6 is 0 Å². The molecule has 3 fully saturated rings. The molecule has 1 spiro atoms. The zero-order chi connectivity index (χ0) is 22.5. The molecule has 5 rings (SSSR count). The zero-order valence-corrected chi connectivity index (χ0v) is 18.2. The maximum atomic E-state index is 13.5. The van der Waals surface area contributed by atoms with E-state index in [1.54, 1.807) is 28.7 Å². The molecule has 3 amide bonds. The molecule has 0 aromatic heterocycles. The van der Waals surface area contributed by atoms with E-state index < -0.39 is 23.5 Å². The fourth-order valence-electron chi connectivity index (χ4n) is 5.30. The van der Waals surface area contributed by atoms with Crippen molar-refractivity contribution in [2.75, 3.05) is 51.3 Å². The van der Waals surface area contributed by atoms with Gasteiger partial charge in [0.15, 0.2) is 0 Å². The molecule has 4 atom stereocenters. The highest BCUT2D eigenvalue weighted by Gasteiger charge is 2.67. The normalized spacial score (nSPS) is 30.6. The average Bonchev–Trinajstić information content (AvgIpc) is 3.47. The van der Waals surface area contributed by atoms with Gasteiger partial charge in [0.25, 0.3) is 0 Å². The van der Waals surface area contributed by atoms with Gasteiger partial charge in [0.2, 0.25) is 11.8 Å². The van der Waals surface area contributed by atoms with E-state index in [0.29, 0.717) is 45.1 Å². The van der Waals surface area contributed by atoms with Gasteiger partial charge in [0.1, 0.15) is 11.4 Å². The van der Waals surface area contributed by atoms with E-state index >= 15 is 0 Å². The first kappa shape index (κ1) is 20.8. The van der Waals surface area contributed by atoms with Crippen molar-refractivity contribution in [1.29, 1.82) is 0 Å². The van der Waals surface area contributed by atoms with Gasteiger partial charge in [-0.1, -0.05) is 12.2 Å². The number of fused-ring (bicyclic) bond motifs is 1.